The lowest BCUT2D eigenvalue weighted by Gasteiger charge is -2.05. The first-order chi connectivity index (χ1) is 8.65. The number of nitrogens with one attached hydrogen (secondary N) is 2. The van der Waals surface area contributed by atoms with Gasteiger partial charge >= 0.3 is 0 Å². The smallest absolute Gasteiger partial charge is 0.237 e. The average Bonchev–Trinajstić information content (AvgIpc) is 2.80. The number of imidazole rings is 1. The molecular weight excluding hydrogens is 314 g/mol. The number of carbonyl (C=O) groups excluding carboxylic acids is 1. The van der Waals surface area contributed by atoms with E-state index in [1.807, 2.05) is 25.1 Å². The molecule has 94 valence electrons. The summed E-state index contributed by atoms with van der Waals surface area (Å²) in [6.45, 7) is 2.03. The standard InChI is InChI=1S/C12H12BrN3OS/c1-8-6-9(13)2-3-10(8)18-7-11(17)16-12-14-4-5-15-12/h2-6H,7H2,1H3,(H2,14,15,16,17). The lowest BCUT2D eigenvalue weighted by Crippen LogP contribution is -2.14. The number of hydrogen-bond acceptors (Lipinski definition) is 3. The van der Waals surface area contributed by atoms with Gasteiger partial charge in [0.1, 0.15) is 0 Å². The summed E-state index contributed by atoms with van der Waals surface area (Å²) in [5.41, 5.74) is 1.15. The molecule has 0 aliphatic carbocycles. The number of carbonyl (C=O) groups is 1. The number of aromatic nitrogens is 2. The number of thioether (sulfide) groups is 1. The van der Waals surface area contributed by atoms with Crippen LogP contribution in [0.5, 0.6) is 0 Å². The van der Waals surface area contributed by atoms with Gasteiger partial charge in [-0.05, 0) is 30.7 Å². The topological polar surface area (TPSA) is 57.8 Å². The van der Waals surface area contributed by atoms with Gasteiger partial charge < -0.3 is 4.98 Å². The zero-order valence-electron chi connectivity index (χ0n) is 9.74. The van der Waals surface area contributed by atoms with Crippen LogP contribution in [0, 0.1) is 6.92 Å². The van der Waals surface area contributed by atoms with E-state index < -0.39 is 0 Å². The summed E-state index contributed by atoms with van der Waals surface area (Å²) in [4.78, 5) is 19.5. The molecule has 1 aromatic heterocycles. The molecule has 0 unspecified atom stereocenters. The van der Waals surface area contributed by atoms with Crippen LogP contribution in [0.1, 0.15) is 5.56 Å². The minimum absolute atomic E-state index is 0.0720. The van der Waals surface area contributed by atoms with Gasteiger partial charge in [-0.3, -0.25) is 10.1 Å². The van der Waals surface area contributed by atoms with Gasteiger partial charge in [0.15, 0.2) is 0 Å². The first-order valence-corrected chi connectivity index (χ1v) is 7.11. The molecule has 0 saturated carbocycles. The first-order valence-electron chi connectivity index (χ1n) is 5.33. The van der Waals surface area contributed by atoms with E-state index in [0.717, 1.165) is 14.9 Å². The number of halogens is 1. The SMILES string of the molecule is Cc1cc(Br)ccc1SCC(=O)Nc1ncc[nH]1. The highest BCUT2D eigenvalue weighted by molar-refractivity contribution is 9.10. The van der Waals surface area contributed by atoms with Gasteiger partial charge in [-0.25, -0.2) is 4.98 Å². The van der Waals surface area contributed by atoms with Crippen molar-refractivity contribution in [3.8, 4) is 0 Å². The lowest BCUT2D eigenvalue weighted by atomic mass is 10.2. The second kappa shape index (κ2) is 6.06. The fraction of sp³-hybridized carbons (Fsp3) is 0.167. The Morgan fingerprint density at radius 2 is 2.39 bits per heavy atom. The number of benzene rings is 1. The molecule has 6 heteroatoms. The number of H-pyrrole nitrogens is 1. The minimum Gasteiger partial charge on any atom is -0.331 e. The van der Waals surface area contributed by atoms with Crippen LogP contribution in [-0.2, 0) is 4.79 Å². The Hall–Kier alpha value is -1.27. The number of hydrogen-bond donors (Lipinski definition) is 2. The lowest BCUT2D eigenvalue weighted by molar-refractivity contribution is -0.113. The Balaban J connectivity index is 1.89. The largest absolute Gasteiger partial charge is 0.331 e. The number of rotatable bonds is 4. The molecule has 0 spiro atoms. The highest BCUT2D eigenvalue weighted by atomic mass is 79.9. The van der Waals surface area contributed by atoms with E-state index in [1.165, 1.54) is 11.8 Å². The molecule has 0 saturated heterocycles. The van der Waals surface area contributed by atoms with Crippen LogP contribution in [0.15, 0.2) is 40.0 Å². The maximum absolute atomic E-state index is 11.7. The normalized spacial score (nSPS) is 10.3. The summed E-state index contributed by atoms with van der Waals surface area (Å²) in [5, 5.41) is 2.69. The van der Waals surface area contributed by atoms with Gasteiger partial charge in [-0.15, -0.1) is 11.8 Å². The fourth-order valence-electron chi connectivity index (χ4n) is 1.42. The third-order valence-electron chi connectivity index (χ3n) is 2.25. The highest BCUT2D eigenvalue weighted by Gasteiger charge is 2.06. The van der Waals surface area contributed by atoms with Crippen molar-refractivity contribution in [2.75, 3.05) is 11.1 Å². The average molecular weight is 326 g/mol. The Kier molecular flexibility index (Phi) is 4.43. The van der Waals surface area contributed by atoms with E-state index >= 15 is 0 Å². The second-order valence-electron chi connectivity index (χ2n) is 3.68. The number of aryl methyl sites for hydroxylation is 1. The maximum Gasteiger partial charge on any atom is 0.237 e. The summed E-state index contributed by atoms with van der Waals surface area (Å²) in [5.74, 6) is 0.772. The van der Waals surface area contributed by atoms with Crippen LogP contribution >= 0.6 is 27.7 Å². The molecule has 0 radical (unpaired) electrons. The van der Waals surface area contributed by atoms with Crippen LogP contribution in [0.25, 0.3) is 0 Å². The zero-order valence-corrected chi connectivity index (χ0v) is 12.1. The summed E-state index contributed by atoms with van der Waals surface area (Å²) in [6.07, 6.45) is 3.27. The molecule has 0 bridgehead atoms. The molecule has 1 amide bonds. The van der Waals surface area contributed by atoms with Crippen molar-refractivity contribution in [2.45, 2.75) is 11.8 Å². The predicted octanol–water partition coefficient (Wildman–Crippen LogP) is 3.21. The van der Waals surface area contributed by atoms with Crippen molar-refractivity contribution in [3.63, 3.8) is 0 Å². The molecule has 0 fully saturated rings. The van der Waals surface area contributed by atoms with Crippen LogP contribution in [0.2, 0.25) is 0 Å². The molecule has 0 atom stereocenters. The van der Waals surface area contributed by atoms with E-state index in [-0.39, 0.29) is 5.91 Å². The predicted molar refractivity (Wildman–Crippen MR) is 76.8 cm³/mol. The summed E-state index contributed by atoms with van der Waals surface area (Å²) >= 11 is 4.93. The molecule has 2 aromatic rings. The van der Waals surface area contributed by atoms with Gasteiger partial charge in [-0.1, -0.05) is 15.9 Å². The molecule has 0 aliphatic rings. The van der Waals surface area contributed by atoms with Crippen molar-refractivity contribution in [2.24, 2.45) is 0 Å². The van der Waals surface area contributed by atoms with Crippen LogP contribution < -0.4 is 5.32 Å². The molecule has 18 heavy (non-hydrogen) atoms. The van der Waals surface area contributed by atoms with Crippen molar-refractivity contribution in [3.05, 3.63) is 40.6 Å². The van der Waals surface area contributed by atoms with E-state index in [4.69, 9.17) is 0 Å². The zero-order chi connectivity index (χ0) is 13.0. The Labute approximate surface area is 118 Å². The number of aromatic amines is 1. The van der Waals surface area contributed by atoms with Gasteiger partial charge in [0.25, 0.3) is 0 Å². The molecule has 2 N–H and O–H groups in total. The van der Waals surface area contributed by atoms with Gasteiger partial charge in [0.2, 0.25) is 11.9 Å². The first kappa shape index (κ1) is 13.2. The van der Waals surface area contributed by atoms with E-state index in [2.05, 4.69) is 31.2 Å². The number of anilines is 1. The third kappa shape index (κ3) is 3.61. The highest BCUT2D eigenvalue weighted by Crippen LogP contribution is 2.25. The fourth-order valence-corrected chi connectivity index (χ4v) is 2.71. The summed E-state index contributed by atoms with van der Waals surface area (Å²) in [6, 6.07) is 6.01. The number of amides is 1. The monoisotopic (exact) mass is 325 g/mol. The van der Waals surface area contributed by atoms with E-state index in [1.54, 1.807) is 12.4 Å². The van der Waals surface area contributed by atoms with Crippen LogP contribution in [-0.4, -0.2) is 21.6 Å². The third-order valence-corrected chi connectivity index (χ3v) is 3.92. The van der Waals surface area contributed by atoms with E-state index in [9.17, 15) is 4.79 Å². The van der Waals surface area contributed by atoms with Crippen LogP contribution in [0.4, 0.5) is 5.95 Å². The van der Waals surface area contributed by atoms with Gasteiger partial charge in [0.05, 0.1) is 5.75 Å². The van der Waals surface area contributed by atoms with Crippen molar-refractivity contribution >= 4 is 39.5 Å². The Morgan fingerprint density at radius 1 is 1.56 bits per heavy atom. The number of nitrogens with zero attached hydrogens (tertiary/aromatic N) is 1. The Morgan fingerprint density at radius 3 is 3.06 bits per heavy atom. The van der Waals surface area contributed by atoms with Crippen molar-refractivity contribution in [1.29, 1.82) is 0 Å². The Bertz CT molecular complexity index is 542. The molecular formula is C12H12BrN3OS. The molecule has 4 nitrogen and oxygen atoms in total. The van der Waals surface area contributed by atoms with Crippen molar-refractivity contribution < 1.29 is 4.79 Å². The van der Waals surface area contributed by atoms with Crippen LogP contribution in [0.3, 0.4) is 0 Å². The minimum atomic E-state index is -0.0720. The second-order valence-corrected chi connectivity index (χ2v) is 5.62. The quantitative estimate of drug-likeness (QED) is 0.848. The van der Waals surface area contributed by atoms with Gasteiger partial charge in [-0.2, -0.15) is 0 Å². The molecule has 2 rings (SSSR count). The van der Waals surface area contributed by atoms with E-state index in [0.29, 0.717) is 11.7 Å². The summed E-state index contributed by atoms with van der Waals surface area (Å²) < 4.78 is 1.05. The maximum atomic E-state index is 11.7. The van der Waals surface area contributed by atoms with Crippen molar-refractivity contribution in [1.82, 2.24) is 9.97 Å². The van der Waals surface area contributed by atoms with Gasteiger partial charge in [0, 0.05) is 21.8 Å². The molecule has 1 heterocycles. The molecule has 0 aliphatic heterocycles. The summed E-state index contributed by atoms with van der Waals surface area (Å²) in [7, 11) is 0. The molecule has 1 aromatic carbocycles.